The second-order valence-corrected chi connectivity index (χ2v) is 3.89. The number of rotatable bonds is 4. The predicted molar refractivity (Wildman–Crippen MR) is 60.5 cm³/mol. The van der Waals surface area contributed by atoms with Gasteiger partial charge >= 0.3 is 6.18 Å². The van der Waals surface area contributed by atoms with Gasteiger partial charge in [0.25, 0.3) is 5.91 Å². The van der Waals surface area contributed by atoms with E-state index in [0.717, 1.165) is 24.3 Å². The van der Waals surface area contributed by atoms with Crippen molar-refractivity contribution in [3.05, 3.63) is 35.4 Å². The van der Waals surface area contributed by atoms with Crippen LogP contribution in [-0.2, 0) is 11.0 Å². The van der Waals surface area contributed by atoms with Crippen molar-refractivity contribution in [3.8, 4) is 0 Å². The molecule has 1 aromatic carbocycles. The third-order valence-electron chi connectivity index (χ3n) is 2.45. The third-order valence-corrected chi connectivity index (χ3v) is 2.45. The van der Waals surface area contributed by atoms with E-state index in [-0.39, 0.29) is 5.56 Å². The van der Waals surface area contributed by atoms with Crippen LogP contribution >= 0.6 is 0 Å². The maximum absolute atomic E-state index is 12.3. The summed E-state index contributed by atoms with van der Waals surface area (Å²) >= 11 is 0. The number of aliphatic hydroxyl groups excluding tert-OH is 1. The Hall–Kier alpha value is -1.89. The van der Waals surface area contributed by atoms with Gasteiger partial charge in [-0.15, -0.1) is 0 Å². The van der Waals surface area contributed by atoms with Gasteiger partial charge in [-0.1, -0.05) is 0 Å². The normalized spacial score (nSPS) is 12.9. The fourth-order valence-electron chi connectivity index (χ4n) is 1.33. The van der Waals surface area contributed by atoms with E-state index in [0.29, 0.717) is 0 Å². The fraction of sp³-hybridized carbons (Fsp3) is 0.333. The molecule has 7 heteroatoms. The first kappa shape index (κ1) is 15.2. The smallest absolute Gasteiger partial charge is 0.394 e. The Kier molecular flexibility index (Phi) is 4.66. The SMILES string of the molecule is CC(=O)C(CO)NC(=O)c1ccc(C(F)(F)F)cc1. The van der Waals surface area contributed by atoms with E-state index >= 15 is 0 Å². The van der Waals surface area contributed by atoms with Crippen LogP contribution in [0.3, 0.4) is 0 Å². The summed E-state index contributed by atoms with van der Waals surface area (Å²) < 4.78 is 36.9. The molecule has 2 N–H and O–H groups in total. The lowest BCUT2D eigenvalue weighted by Gasteiger charge is -2.13. The van der Waals surface area contributed by atoms with Gasteiger partial charge < -0.3 is 10.4 Å². The van der Waals surface area contributed by atoms with Crippen molar-refractivity contribution in [2.24, 2.45) is 0 Å². The molecule has 0 saturated carbocycles. The second-order valence-electron chi connectivity index (χ2n) is 3.89. The lowest BCUT2D eigenvalue weighted by atomic mass is 10.1. The van der Waals surface area contributed by atoms with Gasteiger partial charge in [0.15, 0.2) is 5.78 Å². The highest BCUT2D eigenvalue weighted by molar-refractivity contribution is 5.97. The molecule has 19 heavy (non-hydrogen) atoms. The Balaban J connectivity index is 2.81. The van der Waals surface area contributed by atoms with Crippen molar-refractivity contribution >= 4 is 11.7 Å². The number of benzene rings is 1. The van der Waals surface area contributed by atoms with Crippen LogP contribution in [0, 0.1) is 0 Å². The molecule has 0 radical (unpaired) electrons. The van der Waals surface area contributed by atoms with Gasteiger partial charge in [-0.2, -0.15) is 13.2 Å². The van der Waals surface area contributed by atoms with Crippen LogP contribution in [0.5, 0.6) is 0 Å². The van der Waals surface area contributed by atoms with Crippen LogP contribution < -0.4 is 5.32 Å². The molecular formula is C12H12F3NO3. The number of Topliss-reactive ketones (excluding diaryl/α,β-unsaturated/α-hetero) is 1. The molecule has 4 nitrogen and oxygen atoms in total. The highest BCUT2D eigenvalue weighted by Crippen LogP contribution is 2.29. The van der Waals surface area contributed by atoms with Gasteiger partial charge in [0.1, 0.15) is 6.04 Å². The molecule has 1 rings (SSSR count). The minimum atomic E-state index is -4.47. The number of nitrogens with one attached hydrogen (secondary N) is 1. The van der Waals surface area contributed by atoms with Crippen LogP contribution in [0.4, 0.5) is 13.2 Å². The van der Waals surface area contributed by atoms with E-state index in [4.69, 9.17) is 5.11 Å². The minimum absolute atomic E-state index is 0.0206. The summed E-state index contributed by atoms with van der Waals surface area (Å²) in [4.78, 5) is 22.6. The summed E-state index contributed by atoms with van der Waals surface area (Å²) in [6.07, 6.45) is -4.47. The van der Waals surface area contributed by atoms with Gasteiger partial charge in [-0.05, 0) is 31.2 Å². The van der Waals surface area contributed by atoms with Gasteiger partial charge in [-0.3, -0.25) is 9.59 Å². The zero-order chi connectivity index (χ0) is 14.6. The molecule has 1 unspecified atom stereocenters. The Labute approximate surface area is 107 Å². The molecule has 1 amide bonds. The highest BCUT2D eigenvalue weighted by atomic mass is 19.4. The number of alkyl halides is 3. The number of aliphatic hydroxyl groups is 1. The Bertz CT molecular complexity index is 468. The number of amides is 1. The summed E-state index contributed by atoms with van der Waals surface area (Å²) in [5, 5.41) is 11.1. The molecule has 0 aliphatic heterocycles. The maximum Gasteiger partial charge on any atom is 0.416 e. The first-order chi connectivity index (χ1) is 8.75. The van der Waals surface area contributed by atoms with E-state index in [1.165, 1.54) is 6.92 Å². The maximum atomic E-state index is 12.3. The van der Waals surface area contributed by atoms with E-state index < -0.39 is 36.1 Å². The first-order valence-electron chi connectivity index (χ1n) is 5.35. The summed E-state index contributed by atoms with van der Waals surface area (Å²) in [5.41, 5.74) is -0.887. The zero-order valence-corrected chi connectivity index (χ0v) is 9.99. The van der Waals surface area contributed by atoms with Crippen molar-refractivity contribution in [3.63, 3.8) is 0 Å². The van der Waals surface area contributed by atoms with E-state index in [1.807, 2.05) is 0 Å². The molecule has 0 bridgehead atoms. The molecule has 1 aromatic rings. The number of hydrogen-bond donors (Lipinski definition) is 2. The van der Waals surface area contributed by atoms with Crippen LogP contribution in [0.2, 0.25) is 0 Å². The molecule has 0 aromatic heterocycles. The average Bonchev–Trinajstić information content (AvgIpc) is 2.34. The van der Waals surface area contributed by atoms with Gasteiger partial charge in [0.2, 0.25) is 0 Å². The van der Waals surface area contributed by atoms with Crippen LogP contribution in [0.25, 0.3) is 0 Å². The summed E-state index contributed by atoms with van der Waals surface area (Å²) in [6.45, 7) is 0.621. The molecule has 104 valence electrons. The largest absolute Gasteiger partial charge is 0.416 e. The van der Waals surface area contributed by atoms with Crippen molar-refractivity contribution < 1.29 is 27.9 Å². The standard InChI is InChI=1S/C12H12F3NO3/c1-7(18)10(6-17)16-11(19)8-2-4-9(5-3-8)12(13,14)15/h2-5,10,17H,6H2,1H3,(H,16,19). The van der Waals surface area contributed by atoms with Crippen molar-refractivity contribution in [1.82, 2.24) is 5.32 Å². The Morgan fingerprint density at radius 1 is 1.26 bits per heavy atom. The predicted octanol–water partition coefficient (Wildman–Crippen LogP) is 1.39. The second kappa shape index (κ2) is 5.83. The third kappa shape index (κ3) is 4.06. The molecule has 0 heterocycles. The summed E-state index contributed by atoms with van der Waals surface area (Å²) in [6, 6.07) is 2.50. The summed E-state index contributed by atoms with van der Waals surface area (Å²) in [7, 11) is 0. The number of hydrogen-bond acceptors (Lipinski definition) is 3. The highest BCUT2D eigenvalue weighted by Gasteiger charge is 2.30. The van der Waals surface area contributed by atoms with E-state index in [2.05, 4.69) is 5.32 Å². The van der Waals surface area contributed by atoms with Crippen LogP contribution in [0.15, 0.2) is 24.3 Å². The summed E-state index contributed by atoms with van der Waals surface area (Å²) in [5.74, 6) is -1.16. The van der Waals surface area contributed by atoms with Gasteiger partial charge in [-0.25, -0.2) is 0 Å². The molecule has 0 aliphatic carbocycles. The molecule has 0 aliphatic rings. The lowest BCUT2D eigenvalue weighted by Crippen LogP contribution is -2.42. The van der Waals surface area contributed by atoms with Crippen molar-refractivity contribution in [1.29, 1.82) is 0 Å². The Morgan fingerprint density at radius 3 is 2.16 bits per heavy atom. The quantitative estimate of drug-likeness (QED) is 0.872. The minimum Gasteiger partial charge on any atom is -0.394 e. The van der Waals surface area contributed by atoms with Crippen molar-refractivity contribution in [2.45, 2.75) is 19.1 Å². The Morgan fingerprint density at radius 2 is 1.79 bits per heavy atom. The van der Waals surface area contributed by atoms with Gasteiger partial charge in [0.05, 0.1) is 12.2 Å². The number of carbonyl (C=O) groups is 2. The van der Waals surface area contributed by atoms with Crippen LogP contribution in [0.1, 0.15) is 22.8 Å². The lowest BCUT2D eigenvalue weighted by molar-refractivity contribution is -0.137. The number of halogens is 3. The van der Waals surface area contributed by atoms with E-state index in [1.54, 1.807) is 0 Å². The van der Waals surface area contributed by atoms with Crippen molar-refractivity contribution in [2.75, 3.05) is 6.61 Å². The van der Waals surface area contributed by atoms with E-state index in [9.17, 15) is 22.8 Å². The monoisotopic (exact) mass is 275 g/mol. The van der Waals surface area contributed by atoms with Gasteiger partial charge in [0, 0.05) is 5.56 Å². The molecular weight excluding hydrogens is 263 g/mol. The molecule has 1 atom stereocenters. The molecule has 0 saturated heterocycles. The first-order valence-corrected chi connectivity index (χ1v) is 5.35. The zero-order valence-electron chi connectivity index (χ0n) is 9.99. The molecule has 0 spiro atoms. The van der Waals surface area contributed by atoms with Crippen LogP contribution in [-0.4, -0.2) is 29.4 Å². The number of carbonyl (C=O) groups excluding carboxylic acids is 2. The topological polar surface area (TPSA) is 66.4 Å². The number of ketones is 1. The average molecular weight is 275 g/mol. The molecule has 0 fully saturated rings. The fourth-order valence-corrected chi connectivity index (χ4v) is 1.33.